The van der Waals surface area contributed by atoms with Crippen molar-refractivity contribution in [3.8, 4) is 0 Å². The van der Waals surface area contributed by atoms with Crippen molar-refractivity contribution in [1.82, 2.24) is 20.2 Å². The maximum atomic E-state index is 12.4. The molecule has 1 N–H and O–H groups in total. The Hall–Kier alpha value is -2.22. The minimum absolute atomic E-state index is 0.0326. The largest absolute Gasteiger partial charge is 0.376 e. The van der Waals surface area contributed by atoms with Crippen molar-refractivity contribution in [2.75, 3.05) is 45.2 Å². The molecular formula is C17H25N5O3. The molecule has 0 aromatic carbocycles. The van der Waals surface area contributed by atoms with Gasteiger partial charge in [-0.05, 0) is 13.3 Å². The molecule has 2 aliphatic rings. The highest BCUT2D eigenvalue weighted by atomic mass is 16.5. The molecule has 1 atom stereocenters. The summed E-state index contributed by atoms with van der Waals surface area (Å²) in [7, 11) is 3.84. The number of hydrogen-bond donors (Lipinski definition) is 1. The van der Waals surface area contributed by atoms with Gasteiger partial charge in [0, 0.05) is 45.4 Å². The highest BCUT2D eigenvalue weighted by Gasteiger charge is 2.46. The van der Waals surface area contributed by atoms with Crippen LogP contribution in [0.25, 0.3) is 0 Å². The topological polar surface area (TPSA) is 87.7 Å². The predicted molar refractivity (Wildman–Crippen MR) is 92.3 cm³/mol. The number of rotatable bonds is 3. The third-order valence-electron chi connectivity index (χ3n) is 4.92. The number of likely N-dealkylation sites (tertiary alicyclic amines) is 1. The third kappa shape index (κ3) is 3.30. The molecule has 136 valence electrons. The number of carbonyl (C=O) groups excluding carboxylic acids is 2. The summed E-state index contributed by atoms with van der Waals surface area (Å²) in [5, 5.41) is 2.57. The number of aryl methyl sites for hydroxylation is 1. The normalized spacial score (nSPS) is 22.0. The predicted octanol–water partition coefficient (Wildman–Crippen LogP) is -0.0126. The van der Waals surface area contributed by atoms with Crippen LogP contribution in [0.2, 0.25) is 0 Å². The minimum atomic E-state index is -0.294. The van der Waals surface area contributed by atoms with Crippen LogP contribution in [0.3, 0.4) is 0 Å². The van der Waals surface area contributed by atoms with Crippen molar-refractivity contribution in [3.63, 3.8) is 0 Å². The molecule has 0 saturated carbocycles. The van der Waals surface area contributed by atoms with Gasteiger partial charge in [-0.15, -0.1) is 0 Å². The molecule has 25 heavy (non-hydrogen) atoms. The van der Waals surface area contributed by atoms with E-state index in [4.69, 9.17) is 9.72 Å². The van der Waals surface area contributed by atoms with Crippen LogP contribution in [0.5, 0.6) is 0 Å². The van der Waals surface area contributed by atoms with Gasteiger partial charge in [-0.1, -0.05) is 0 Å². The number of hydrogen-bond acceptors (Lipinski definition) is 6. The summed E-state index contributed by atoms with van der Waals surface area (Å²) in [4.78, 5) is 36.4. The van der Waals surface area contributed by atoms with E-state index >= 15 is 0 Å². The molecule has 8 heteroatoms. The summed E-state index contributed by atoms with van der Waals surface area (Å²) in [6.45, 7) is 5.68. The van der Waals surface area contributed by atoms with Crippen molar-refractivity contribution < 1.29 is 14.3 Å². The van der Waals surface area contributed by atoms with Crippen LogP contribution in [-0.4, -0.2) is 67.0 Å². The maximum Gasteiger partial charge on any atom is 0.241 e. The Labute approximate surface area is 147 Å². The van der Waals surface area contributed by atoms with Gasteiger partial charge in [0.15, 0.2) is 0 Å². The molecule has 3 heterocycles. The Balaban J connectivity index is 1.87. The third-order valence-corrected chi connectivity index (χ3v) is 4.92. The van der Waals surface area contributed by atoms with Crippen LogP contribution in [0.15, 0.2) is 0 Å². The lowest BCUT2D eigenvalue weighted by molar-refractivity contribution is -0.131. The zero-order chi connectivity index (χ0) is 18.2. The summed E-state index contributed by atoms with van der Waals surface area (Å²) >= 11 is 0. The van der Waals surface area contributed by atoms with Crippen molar-refractivity contribution in [2.45, 2.75) is 32.3 Å². The zero-order valence-corrected chi connectivity index (χ0v) is 15.3. The van der Waals surface area contributed by atoms with Crippen LogP contribution in [0.4, 0.5) is 5.95 Å². The fourth-order valence-corrected chi connectivity index (χ4v) is 3.52. The first-order valence-corrected chi connectivity index (χ1v) is 8.48. The summed E-state index contributed by atoms with van der Waals surface area (Å²) in [6.07, 6.45) is 0.801. The second kappa shape index (κ2) is 6.59. The SMILES string of the molecule is CC(=O)NCC(=O)N1CC[C@]2(COCc3c(C)nc(N(C)C)nc32)C1. The van der Waals surface area contributed by atoms with Crippen LogP contribution in [0.1, 0.15) is 30.3 Å². The van der Waals surface area contributed by atoms with Crippen LogP contribution < -0.4 is 10.2 Å². The Bertz CT molecular complexity index is 706. The first-order valence-electron chi connectivity index (χ1n) is 8.48. The molecule has 1 aromatic heterocycles. The van der Waals surface area contributed by atoms with Gasteiger partial charge in [-0.3, -0.25) is 9.59 Å². The van der Waals surface area contributed by atoms with Gasteiger partial charge in [0.1, 0.15) is 0 Å². The Kier molecular flexibility index (Phi) is 4.64. The highest BCUT2D eigenvalue weighted by molar-refractivity contribution is 5.84. The van der Waals surface area contributed by atoms with E-state index in [-0.39, 0.29) is 23.8 Å². The van der Waals surface area contributed by atoms with E-state index in [0.29, 0.717) is 32.3 Å². The maximum absolute atomic E-state index is 12.4. The fraction of sp³-hybridized carbons (Fsp3) is 0.647. The van der Waals surface area contributed by atoms with E-state index in [1.165, 1.54) is 6.92 Å². The van der Waals surface area contributed by atoms with Crippen molar-refractivity contribution in [3.05, 3.63) is 17.0 Å². The number of anilines is 1. The molecule has 2 amide bonds. The zero-order valence-electron chi connectivity index (χ0n) is 15.3. The standard InChI is InChI=1S/C17H25N5O3/c1-11-13-8-25-10-17(15(13)20-16(19-11)21(3)4)5-6-22(9-17)14(24)7-18-12(2)23/h5-10H2,1-4H3,(H,18,23)/t17-/m1/s1. The summed E-state index contributed by atoms with van der Waals surface area (Å²) in [5.41, 5.74) is 2.67. The molecule has 0 aliphatic carbocycles. The van der Waals surface area contributed by atoms with Gasteiger partial charge in [0.25, 0.3) is 0 Å². The summed E-state index contributed by atoms with van der Waals surface area (Å²) in [5.74, 6) is 0.408. The summed E-state index contributed by atoms with van der Waals surface area (Å²) < 4.78 is 5.84. The quantitative estimate of drug-likeness (QED) is 0.827. The number of nitrogens with one attached hydrogen (secondary N) is 1. The monoisotopic (exact) mass is 347 g/mol. The number of nitrogens with zero attached hydrogens (tertiary/aromatic N) is 4. The van der Waals surface area contributed by atoms with Crippen LogP contribution in [0, 0.1) is 6.92 Å². The molecule has 1 fully saturated rings. The second-order valence-corrected chi connectivity index (χ2v) is 7.08. The minimum Gasteiger partial charge on any atom is -0.376 e. The number of aromatic nitrogens is 2. The van der Waals surface area contributed by atoms with Crippen LogP contribution >= 0.6 is 0 Å². The molecule has 1 saturated heterocycles. The lowest BCUT2D eigenvalue weighted by Crippen LogP contribution is -2.44. The van der Waals surface area contributed by atoms with Gasteiger partial charge in [0.2, 0.25) is 17.8 Å². The number of ether oxygens (including phenoxy) is 1. The second-order valence-electron chi connectivity index (χ2n) is 7.08. The van der Waals surface area contributed by atoms with Gasteiger partial charge in [-0.25, -0.2) is 9.97 Å². The van der Waals surface area contributed by atoms with Gasteiger partial charge in [0.05, 0.1) is 30.9 Å². The van der Waals surface area contributed by atoms with Gasteiger partial charge < -0.3 is 19.9 Å². The molecule has 0 radical (unpaired) electrons. The fourth-order valence-electron chi connectivity index (χ4n) is 3.52. The molecule has 8 nitrogen and oxygen atoms in total. The van der Waals surface area contributed by atoms with Crippen LogP contribution in [-0.2, 0) is 26.3 Å². The average Bonchev–Trinajstić information content (AvgIpc) is 2.98. The first-order chi connectivity index (χ1) is 11.8. The van der Waals surface area contributed by atoms with E-state index in [1.54, 1.807) is 4.90 Å². The van der Waals surface area contributed by atoms with Crippen molar-refractivity contribution >= 4 is 17.8 Å². The van der Waals surface area contributed by atoms with E-state index < -0.39 is 0 Å². The Morgan fingerprint density at radius 3 is 2.80 bits per heavy atom. The molecule has 0 bridgehead atoms. The van der Waals surface area contributed by atoms with E-state index in [9.17, 15) is 9.59 Å². The molecule has 0 unspecified atom stereocenters. The number of carbonyl (C=O) groups is 2. The molecule has 1 aromatic rings. The summed E-state index contributed by atoms with van der Waals surface area (Å²) in [6, 6.07) is 0. The Morgan fingerprint density at radius 2 is 2.12 bits per heavy atom. The van der Waals surface area contributed by atoms with E-state index in [0.717, 1.165) is 23.4 Å². The average molecular weight is 347 g/mol. The highest BCUT2D eigenvalue weighted by Crippen LogP contribution is 2.40. The van der Waals surface area contributed by atoms with Gasteiger partial charge in [-0.2, -0.15) is 0 Å². The molecule has 2 aliphatic heterocycles. The first kappa shape index (κ1) is 17.6. The molecular weight excluding hydrogens is 322 g/mol. The van der Waals surface area contributed by atoms with E-state index in [1.807, 2.05) is 25.9 Å². The van der Waals surface area contributed by atoms with Gasteiger partial charge >= 0.3 is 0 Å². The van der Waals surface area contributed by atoms with E-state index in [2.05, 4.69) is 10.3 Å². The smallest absolute Gasteiger partial charge is 0.241 e. The number of amides is 2. The lowest BCUT2D eigenvalue weighted by atomic mass is 9.80. The number of fused-ring (bicyclic) bond motifs is 2. The lowest BCUT2D eigenvalue weighted by Gasteiger charge is -2.35. The van der Waals surface area contributed by atoms with Crippen molar-refractivity contribution in [2.24, 2.45) is 0 Å². The van der Waals surface area contributed by atoms with Crippen molar-refractivity contribution in [1.29, 1.82) is 0 Å². The molecule has 3 rings (SSSR count). The Morgan fingerprint density at radius 1 is 1.36 bits per heavy atom. The molecule has 1 spiro atoms.